The van der Waals surface area contributed by atoms with Gasteiger partial charge in [-0.25, -0.2) is 9.13 Å². The monoisotopic (exact) mass is 782 g/mol. The summed E-state index contributed by atoms with van der Waals surface area (Å²) in [5.74, 6) is 1.79. The predicted molar refractivity (Wildman–Crippen MR) is 207 cm³/mol. The average Bonchev–Trinajstić information content (AvgIpc) is 3.13. The van der Waals surface area contributed by atoms with E-state index in [1.165, 1.54) is 31.2 Å². The lowest BCUT2D eigenvalue weighted by Crippen LogP contribution is -2.04. The quantitative estimate of drug-likeness (QED) is 0.0483. The van der Waals surface area contributed by atoms with Crippen molar-refractivity contribution in [1.29, 1.82) is 0 Å². The zero-order chi connectivity index (χ0) is 37.0. The van der Waals surface area contributed by atoms with Gasteiger partial charge in [-0.1, -0.05) is 118 Å². The Morgan fingerprint density at radius 3 is 1.37 bits per heavy atom. The van der Waals surface area contributed by atoms with E-state index >= 15 is 0 Å². The standard InChI is InChI=1S/C14H29Cl2O4P.C12H11O4P.C12H10O/c1-2-3-4-5-6-7-12-18-21(17,19-13-8-10-15)20-14-9-11-16;13-17(14,15-11-7-3-1-4-8-11)16-12-9-5-2-6-10-12;13-12-8-6-11(7-9-12)10-4-2-1-3-5-10/h2-14H2,1H3;1-10H,(H,13,14);1-9,13H. The van der Waals surface area contributed by atoms with E-state index in [4.69, 9.17) is 50.9 Å². The molecule has 0 amide bonds. The Labute approximate surface area is 313 Å². The zero-order valence-corrected chi connectivity index (χ0v) is 32.4. The van der Waals surface area contributed by atoms with Gasteiger partial charge in [-0.15, -0.1) is 23.2 Å². The van der Waals surface area contributed by atoms with E-state index < -0.39 is 15.6 Å². The third-order valence-corrected chi connectivity index (χ3v) is 9.62. The van der Waals surface area contributed by atoms with Crippen LogP contribution in [0.5, 0.6) is 17.2 Å². The fourth-order valence-corrected chi connectivity index (χ4v) is 6.48. The number of halogens is 2. The molecule has 0 saturated carbocycles. The highest BCUT2D eigenvalue weighted by Gasteiger charge is 2.26. The first-order valence-electron chi connectivity index (χ1n) is 17.0. The van der Waals surface area contributed by atoms with Crippen LogP contribution in [0.15, 0.2) is 115 Å². The van der Waals surface area contributed by atoms with Crippen molar-refractivity contribution in [3.05, 3.63) is 115 Å². The molecule has 0 aromatic heterocycles. The lowest BCUT2D eigenvalue weighted by molar-refractivity contribution is 0.112. The Morgan fingerprint density at radius 2 is 0.922 bits per heavy atom. The molecule has 0 heterocycles. The molecule has 0 aliphatic rings. The number of rotatable bonds is 21. The topological polar surface area (TPSA) is 121 Å². The van der Waals surface area contributed by atoms with Crippen LogP contribution in [0.4, 0.5) is 0 Å². The fourth-order valence-electron chi connectivity index (χ4n) is 4.16. The Morgan fingerprint density at radius 1 is 0.529 bits per heavy atom. The van der Waals surface area contributed by atoms with Crippen LogP contribution in [0.2, 0.25) is 0 Å². The van der Waals surface area contributed by atoms with Crippen molar-refractivity contribution in [3.63, 3.8) is 0 Å². The number of alkyl halides is 2. The number of aromatic hydroxyl groups is 1. The normalized spacial score (nSPS) is 11.1. The Bertz CT molecular complexity index is 1460. The smallest absolute Gasteiger partial charge is 0.508 e. The fraction of sp³-hybridized carbons (Fsp3) is 0.368. The molecule has 4 aromatic carbocycles. The van der Waals surface area contributed by atoms with Crippen molar-refractivity contribution in [2.45, 2.75) is 58.3 Å². The van der Waals surface area contributed by atoms with Gasteiger partial charge in [0.25, 0.3) is 0 Å². The van der Waals surface area contributed by atoms with Crippen LogP contribution in [0.25, 0.3) is 11.1 Å². The van der Waals surface area contributed by atoms with Crippen LogP contribution in [0.1, 0.15) is 58.3 Å². The highest BCUT2D eigenvalue weighted by Crippen LogP contribution is 2.50. The molecule has 0 unspecified atom stereocenters. The summed E-state index contributed by atoms with van der Waals surface area (Å²) in [6.07, 6.45) is 8.09. The third-order valence-electron chi connectivity index (χ3n) is 6.70. The van der Waals surface area contributed by atoms with E-state index in [9.17, 15) is 14.0 Å². The van der Waals surface area contributed by atoms with Gasteiger partial charge in [0.05, 0.1) is 19.8 Å². The number of hydrogen-bond acceptors (Lipinski definition) is 8. The number of unbranched alkanes of at least 4 members (excludes halogenated alkanes) is 5. The predicted octanol–water partition coefficient (Wildman–Crippen LogP) is 12.1. The lowest BCUT2D eigenvalue weighted by Gasteiger charge is -2.17. The zero-order valence-electron chi connectivity index (χ0n) is 29.1. The number of phenols is 1. The van der Waals surface area contributed by atoms with Gasteiger partial charge in [-0.05, 0) is 66.8 Å². The van der Waals surface area contributed by atoms with Crippen LogP contribution in [0.3, 0.4) is 0 Å². The van der Waals surface area contributed by atoms with E-state index in [1.54, 1.807) is 72.8 Å². The largest absolute Gasteiger partial charge is 0.584 e. The van der Waals surface area contributed by atoms with Gasteiger partial charge in [-0.2, -0.15) is 0 Å². The summed E-state index contributed by atoms with van der Waals surface area (Å²) < 4.78 is 49.6. The van der Waals surface area contributed by atoms with E-state index in [0.29, 0.717) is 37.0 Å². The van der Waals surface area contributed by atoms with Gasteiger partial charge in [0.2, 0.25) is 0 Å². The summed E-state index contributed by atoms with van der Waals surface area (Å²) in [5, 5.41) is 9.10. The molecule has 9 nitrogen and oxygen atoms in total. The maximum absolute atomic E-state index is 12.3. The van der Waals surface area contributed by atoms with E-state index in [0.717, 1.165) is 18.4 Å². The lowest BCUT2D eigenvalue weighted by atomic mass is 10.1. The summed E-state index contributed by atoms with van der Waals surface area (Å²) in [7, 11) is -7.59. The molecule has 4 rings (SSSR count). The van der Waals surface area contributed by atoms with Gasteiger partial charge in [0.1, 0.15) is 17.2 Å². The maximum atomic E-state index is 12.3. The molecule has 0 saturated heterocycles. The average molecular weight is 784 g/mol. The summed E-state index contributed by atoms with van der Waals surface area (Å²) in [6.45, 7) is 3.14. The highest BCUT2D eigenvalue weighted by atomic mass is 35.5. The minimum absolute atomic E-state index is 0.276. The number of phosphoric ester groups is 2. The second-order valence-corrected chi connectivity index (χ2v) is 14.7. The van der Waals surface area contributed by atoms with Gasteiger partial charge in [0.15, 0.2) is 0 Å². The molecule has 0 fully saturated rings. The van der Waals surface area contributed by atoms with Gasteiger partial charge >= 0.3 is 15.6 Å². The second-order valence-electron chi connectivity index (χ2n) is 11.0. The molecule has 0 radical (unpaired) electrons. The number of benzene rings is 4. The van der Waals surface area contributed by atoms with Crippen molar-refractivity contribution in [2.75, 3.05) is 31.6 Å². The van der Waals surface area contributed by atoms with E-state index in [1.807, 2.05) is 42.5 Å². The summed E-state index contributed by atoms with van der Waals surface area (Å²) >= 11 is 11.2. The Hall–Kier alpha value is -2.84. The minimum Gasteiger partial charge on any atom is -0.508 e. The Balaban J connectivity index is 0.000000271. The number of para-hydroxylation sites is 2. The number of phenolic OH excluding ortho intramolecular Hbond substituents is 1. The molecular formula is C38H50Cl2O9P2. The minimum atomic E-state index is -4.14. The van der Waals surface area contributed by atoms with Crippen LogP contribution in [-0.2, 0) is 22.7 Å². The molecule has 280 valence electrons. The summed E-state index contributed by atoms with van der Waals surface area (Å²) in [5.41, 5.74) is 2.29. The third kappa shape index (κ3) is 21.3. The van der Waals surface area contributed by atoms with Crippen LogP contribution in [0, 0.1) is 0 Å². The van der Waals surface area contributed by atoms with Crippen LogP contribution in [-0.4, -0.2) is 41.6 Å². The number of phosphoric acid groups is 2. The van der Waals surface area contributed by atoms with Crippen molar-refractivity contribution < 1.29 is 41.7 Å². The van der Waals surface area contributed by atoms with E-state index in [2.05, 4.69) is 6.92 Å². The number of hydrogen-bond donors (Lipinski definition) is 2. The second kappa shape index (κ2) is 26.9. The molecule has 4 aromatic rings. The Kier molecular flexibility index (Phi) is 23.3. The van der Waals surface area contributed by atoms with Crippen LogP contribution < -0.4 is 9.05 Å². The van der Waals surface area contributed by atoms with Crippen molar-refractivity contribution in [1.82, 2.24) is 0 Å². The van der Waals surface area contributed by atoms with Crippen molar-refractivity contribution in [3.8, 4) is 28.4 Å². The highest BCUT2D eigenvalue weighted by molar-refractivity contribution is 7.48. The van der Waals surface area contributed by atoms with E-state index in [-0.39, 0.29) is 24.7 Å². The summed E-state index contributed by atoms with van der Waals surface area (Å²) in [6, 6.07) is 34.0. The van der Waals surface area contributed by atoms with Crippen molar-refractivity contribution in [2.24, 2.45) is 0 Å². The van der Waals surface area contributed by atoms with Crippen molar-refractivity contribution >= 4 is 38.8 Å². The van der Waals surface area contributed by atoms with Gasteiger partial charge in [-0.3, -0.25) is 18.5 Å². The SMILES string of the molecule is CCCCCCCCOP(=O)(OCCCCl)OCCCCl.O=P(O)(Oc1ccccc1)Oc1ccccc1.Oc1ccc(-c2ccccc2)cc1. The molecule has 0 bridgehead atoms. The first-order valence-corrected chi connectivity index (χ1v) is 21.0. The van der Waals surface area contributed by atoms with Crippen LogP contribution >= 0.6 is 38.8 Å². The molecule has 0 atom stereocenters. The first-order chi connectivity index (χ1) is 24.7. The molecule has 0 aliphatic heterocycles. The molecular weight excluding hydrogens is 733 g/mol. The molecule has 13 heteroatoms. The molecule has 51 heavy (non-hydrogen) atoms. The molecule has 2 N–H and O–H groups in total. The first kappa shape index (κ1) is 44.3. The molecule has 0 aliphatic carbocycles. The molecule has 0 spiro atoms. The van der Waals surface area contributed by atoms with Gasteiger partial charge < -0.3 is 14.2 Å². The summed E-state index contributed by atoms with van der Waals surface area (Å²) in [4.78, 5) is 9.53. The van der Waals surface area contributed by atoms with Gasteiger partial charge in [0, 0.05) is 11.8 Å². The maximum Gasteiger partial charge on any atom is 0.584 e.